The molecule has 2 aromatic carbocycles. The number of hydrogen-bond acceptors (Lipinski definition) is 5. The van der Waals surface area contributed by atoms with Crippen LogP contribution in [0.25, 0.3) is 0 Å². The van der Waals surface area contributed by atoms with Crippen LogP contribution in [0, 0.1) is 0 Å². The first-order chi connectivity index (χ1) is 14.6. The average Bonchev–Trinajstić information content (AvgIpc) is 2.75. The smallest absolute Gasteiger partial charge is 0.350 e. The Bertz CT molecular complexity index is 1010. The lowest BCUT2D eigenvalue weighted by Crippen LogP contribution is -2.28. The van der Waals surface area contributed by atoms with Crippen LogP contribution in [0.4, 0.5) is 5.82 Å². The second-order valence-electron chi connectivity index (χ2n) is 6.65. The van der Waals surface area contributed by atoms with Crippen LogP contribution in [-0.2, 0) is 20.9 Å². The van der Waals surface area contributed by atoms with Crippen molar-refractivity contribution in [1.29, 1.82) is 0 Å². The van der Waals surface area contributed by atoms with Crippen LogP contribution in [0.5, 0.6) is 0 Å². The van der Waals surface area contributed by atoms with Crippen LogP contribution >= 0.6 is 0 Å². The van der Waals surface area contributed by atoms with Crippen molar-refractivity contribution in [3.63, 3.8) is 0 Å². The van der Waals surface area contributed by atoms with Gasteiger partial charge in [-0.05, 0) is 24.1 Å². The Morgan fingerprint density at radius 2 is 1.60 bits per heavy atom. The van der Waals surface area contributed by atoms with E-state index in [2.05, 4.69) is 10.3 Å². The molecule has 30 heavy (non-hydrogen) atoms. The molecule has 0 saturated carbocycles. The van der Waals surface area contributed by atoms with Gasteiger partial charge in [0.25, 0.3) is 0 Å². The summed E-state index contributed by atoms with van der Waals surface area (Å²) < 4.78 is 5.96. The number of nitrogens with zero attached hydrogens (tertiary/aromatic N) is 2. The van der Waals surface area contributed by atoms with Gasteiger partial charge >= 0.3 is 11.7 Å². The summed E-state index contributed by atoms with van der Waals surface area (Å²) in [5.74, 6) is -0.768. The van der Waals surface area contributed by atoms with Gasteiger partial charge in [-0.3, -0.25) is 14.2 Å². The summed E-state index contributed by atoms with van der Waals surface area (Å²) in [5.41, 5.74) is 1.41. The maximum absolute atomic E-state index is 12.7. The summed E-state index contributed by atoms with van der Waals surface area (Å²) in [6, 6.07) is 21.0. The van der Waals surface area contributed by atoms with E-state index in [1.807, 2.05) is 60.7 Å². The molecule has 7 heteroatoms. The predicted octanol–water partition coefficient (Wildman–Crippen LogP) is 2.97. The highest BCUT2D eigenvalue weighted by atomic mass is 16.5. The van der Waals surface area contributed by atoms with Crippen molar-refractivity contribution in [2.75, 3.05) is 11.9 Å². The molecule has 0 aliphatic carbocycles. The van der Waals surface area contributed by atoms with E-state index in [1.54, 1.807) is 6.92 Å². The van der Waals surface area contributed by atoms with Crippen LogP contribution in [0.3, 0.4) is 0 Å². The van der Waals surface area contributed by atoms with E-state index in [1.165, 1.54) is 12.3 Å². The summed E-state index contributed by atoms with van der Waals surface area (Å²) in [6.45, 7) is 1.70. The molecule has 154 valence electrons. The van der Waals surface area contributed by atoms with Gasteiger partial charge in [0, 0.05) is 18.5 Å². The number of anilines is 1. The highest BCUT2D eigenvalue weighted by Gasteiger charge is 2.18. The second kappa shape index (κ2) is 10.2. The Balaban J connectivity index is 1.72. The molecule has 0 fully saturated rings. The summed E-state index contributed by atoms with van der Waals surface area (Å²) in [4.78, 5) is 40.2. The first-order valence-corrected chi connectivity index (χ1v) is 9.69. The van der Waals surface area contributed by atoms with Crippen LogP contribution in [0.2, 0.25) is 0 Å². The third-order valence-electron chi connectivity index (χ3n) is 4.54. The summed E-state index contributed by atoms with van der Waals surface area (Å²) in [6.07, 6.45) is 1.61. The molecule has 0 saturated heterocycles. The quantitative estimate of drug-likeness (QED) is 0.582. The number of amides is 1. The number of benzene rings is 2. The molecule has 0 spiro atoms. The number of esters is 1. The first-order valence-electron chi connectivity index (χ1n) is 9.69. The van der Waals surface area contributed by atoms with Crippen LogP contribution in [0.1, 0.15) is 30.4 Å². The number of carbonyl (C=O) groups is 2. The molecule has 1 amide bonds. The zero-order valence-electron chi connectivity index (χ0n) is 16.7. The molecule has 0 unspecified atom stereocenters. The minimum absolute atomic E-state index is 0.128. The second-order valence-corrected chi connectivity index (χ2v) is 6.65. The molecule has 0 bridgehead atoms. The Morgan fingerprint density at radius 1 is 1.00 bits per heavy atom. The van der Waals surface area contributed by atoms with Crippen LogP contribution < -0.4 is 11.0 Å². The van der Waals surface area contributed by atoms with Crippen molar-refractivity contribution in [1.82, 2.24) is 9.55 Å². The number of nitrogens with one attached hydrogen (secondary N) is 1. The van der Waals surface area contributed by atoms with E-state index in [0.29, 0.717) is 0 Å². The van der Waals surface area contributed by atoms with Gasteiger partial charge in [-0.25, -0.2) is 4.79 Å². The SMILES string of the molecule is CCOC(=O)Cn1ccc(NC(=O)CC(c2ccccc2)c2ccccc2)nc1=O. The minimum atomic E-state index is -0.636. The van der Waals surface area contributed by atoms with Crippen molar-refractivity contribution in [2.24, 2.45) is 0 Å². The van der Waals surface area contributed by atoms with Crippen LogP contribution in [-0.4, -0.2) is 28.0 Å². The van der Waals surface area contributed by atoms with Crippen molar-refractivity contribution >= 4 is 17.7 Å². The highest BCUT2D eigenvalue weighted by Crippen LogP contribution is 2.28. The number of aromatic nitrogens is 2. The van der Waals surface area contributed by atoms with E-state index < -0.39 is 11.7 Å². The van der Waals surface area contributed by atoms with Crippen molar-refractivity contribution < 1.29 is 14.3 Å². The van der Waals surface area contributed by atoms with E-state index >= 15 is 0 Å². The van der Waals surface area contributed by atoms with Gasteiger partial charge in [0.1, 0.15) is 12.4 Å². The maximum Gasteiger partial charge on any atom is 0.350 e. The Hall–Kier alpha value is -3.74. The van der Waals surface area contributed by atoms with Crippen molar-refractivity contribution in [2.45, 2.75) is 25.8 Å². The molecule has 1 aromatic heterocycles. The molecule has 0 radical (unpaired) electrons. The zero-order chi connectivity index (χ0) is 21.3. The van der Waals surface area contributed by atoms with Gasteiger partial charge < -0.3 is 10.1 Å². The Labute approximate surface area is 174 Å². The molecule has 0 aliphatic heterocycles. The summed E-state index contributed by atoms with van der Waals surface area (Å²) in [7, 11) is 0. The number of ether oxygens (including phenoxy) is 1. The molecule has 1 N–H and O–H groups in total. The summed E-state index contributed by atoms with van der Waals surface area (Å²) in [5, 5.41) is 2.68. The van der Waals surface area contributed by atoms with Gasteiger partial charge in [0.2, 0.25) is 5.91 Å². The topological polar surface area (TPSA) is 90.3 Å². The van der Waals surface area contributed by atoms with Gasteiger partial charge in [0.05, 0.1) is 6.61 Å². The maximum atomic E-state index is 12.7. The molecule has 3 rings (SSSR count). The fraction of sp³-hybridized carbons (Fsp3) is 0.217. The van der Waals surface area contributed by atoms with Crippen molar-refractivity contribution in [3.8, 4) is 0 Å². The predicted molar refractivity (Wildman–Crippen MR) is 113 cm³/mol. The third-order valence-corrected chi connectivity index (χ3v) is 4.54. The largest absolute Gasteiger partial charge is 0.465 e. The minimum Gasteiger partial charge on any atom is -0.465 e. The number of hydrogen-bond donors (Lipinski definition) is 1. The fourth-order valence-corrected chi connectivity index (χ4v) is 3.14. The van der Waals surface area contributed by atoms with E-state index in [4.69, 9.17) is 4.74 Å². The van der Waals surface area contributed by atoms with E-state index in [0.717, 1.165) is 15.7 Å². The average molecular weight is 405 g/mol. The summed E-state index contributed by atoms with van der Waals surface area (Å²) >= 11 is 0. The molecule has 7 nitrogen and oxygen atoms in total. The lowest BCUT2D eigenvalue weighted by atomic mass is 9.88. The van der Waals surface area contributed by atoms with E-state index in [-0.39, 0.29) is 37.2 Å². The van der Waals surface area contributed by atoms with Gasteiger partial charge in [-0.15, -0.1) is 0 Å². The van der Waals surface area contributed by atoms with Gasteiger partial charge in [-0.1, -0.05) is 60.7 Å². The first kappa shape index (κ1) is 21.0. The van der Waals surface area contributed by atoms with Crippen molar-refractivity contribution in [3.05, 3.63) is 94.5 Å². The lowest BCUT2D eigenvalue weighted by molar-refractivity contribution is -0.143. The zero-order valence-corrected chi connectivity index (χ0v) is 16.7. The molecular formula is C23H23N3O4. The molecule has 1 heterocycles. The van der Waals surface area contributed by atoms with E-state index in [9.17, 15) is 14.4 Å². The standard InChI is InChI=1S/C23H23N3O4/c1-2-30-22(28)16-26-14-13-20(25-23(26)29)24-21(27)15-19(17-9-5-3-6-10-17)18-11-7-4-8-12-18/h3-14,19H,2,15-16H2,1H3,(H,24,25,27,29). The molecule has 3 aromatic rings. The monoisotopic (exact) mass is 405 g/mol. The number of rotatable bonds is 8. The molecule has 0 aliphatic rings. The van der Waals surface area contributed by atoms with Gasteiger partial charge in [-0.2, -0.15) is 4.98 Å². The Kier molecular flexibility index (Phi) is 7.10. The third kappa shape index (κ3) is 5.64. The number of carbonyl (C=O) groups excluding carboxylic acids is 2. The fourth-order valence-electron chi connectivity index (χ4n) is 3.14. The normalized spacial score (nSPS) is 10.6. The highest BCUT2D eigenvalue weighted by molar-refractivity contribution is 5.90. The molecular weight excluding hydrogens is 382 g/mol. The van der Waals surface area contributed by atoms with Gasteiger partial charge in [0.15, 0.2) is 0 Å². The lowest BCUT2D eigenvalue weighted by Gasteiger charge is -2.17. The Morgan fingerprint density at radius 3 is 2.13 bits per heavy atom. The molecule has 0 atom stereocenters. The van der Waals surface area contributed by atoms with Crippen LogP contribution in [0.15, 0.2) is 77.7 Å².